The molecule has 0 amide bonds. The Kier molecular flexibility index (Phi) is 7.95. The van der Waals surface area contributed by atoms with Crippen molar-refractivity contribution >= 4 is 11.8 Å². The molecule has 0 heterocycles. The van der Waals surface area contributed by atoms with Gasteiger partial charge in [0.1, 0.15) is 0 Å². The van der Waals surface area contributed by atoms with Gasteiger partial charge >= 0.3 is 0 Å². The highest BCUT2D eigenvalue weighted by atomic mass is 32.2. The fourth-order valence-electron chi connectivity index (χ4n) is 0.996. The van der Waals surface area contributed by atoms with Crippen LogP contribution in [0.25, 0.3) is 0 Å². The molecule has 0 nitrogen and oxygen atoms in total. The molecule has 11 heavy (non-hydrogen) atoms. The molecule has 0 aromatic carbocycles. The predicted octanol–water partition coefficient (Wildman–Crippen LogP) is 3.32. The minimum absolute atomic E-state index is 0.464. The maximum Gasteiger partial charge on any atom is 0.0654 e. The summed E-state index contributed by atoms with van der Waals surface area (Å²) in [5.74, 6) is 3.96. The summed E-state index contributed by atoms with van der Waals surface area (Å²) >= 11 is 1.89. The van der Waals surface area contributed by atoms with Crippen molar-refractivity contribution in [3.8, 4) is 12.3 Å². The van der Waals surface area contributed by atoms with Crippen LogP contribution in [0.4, 0.5) is 0 Å². The van der Waals surface area contributed by atoms with Gasteiger partial charge in [0, 0.05) is 0 Å². The van der Waals surface area contributed by atoms with Gasteiger partial charge in [0.05, 0.1) is 5.25 Å². The standard InChI is InChI=1S/C10H18S/c1-4-7-8-9-10(5-2)11-6-3/h2,10H,4,6-9H2,1,3H3. The summed E-state index contributed by atoms with van der Waals surface area (Å²) in [4.78, 5) is 0. The molecule has 0 saturated carbocycles. The van der Waals surface area contributed by atoms with Gasteiger partial charge in [-0.1, -0.05) is 39.0 Å². The minimum atomic E-state index is 0.464. The SMILES string of the molecule is C#CC(CCCCC)SCC. The van der Waals surface area contributed by atoms with E-state index in [0.29, 0.717) is 5.25 Å². The van der Waals surface area contributed by atoms with E-state index in [9.17, 15) is 0 Å². The van der Waals surface area contributed by atoms with Crippen molar-refractivity contribution in [2.24, 2.45) is 0 Å². The lowest BCUT2D eigenvalue weighted by molar-refractivity contribution is 0.685. The first kappa shape index (κ1) is 10.9. The summed E-state index contributed by atoms with van der Waals surface area (Å²) < 4.78 is 0. The Bertz CT molecular complexity index is 113. The molecule has 0 rings (SSSR count). The van der Waals surface area contributed by atoms with Crippen LogP contribution in [0.2, 0.25) is 0 Å². The summed E-state index contributed by atoms with van der Waals surface area (Å²) in [6, 6.07) is 0. The highest BCUT2D eigenvalue weighted by molar-refractivity contribution is 8.00. The van der Waals surface area contributed by atoms with Crippen LogP contribution in [0, 0.1) is 12.3 Å². The second-order valence-electron chi connectivity index (χ2n) is 2.61. The van der Waals surface area contributed by atoms with Crippen LogP contribution in [0.1, 0.15) is 39.5 Å². The Labute approximate surface area is 75.1 Å². The maximum absolute atomic E-state index is 5.37. The van der Waals surface area contributed by atoms with E-state index in [1.807, 2.05) is 11.8 Å². The molecule has 0 saturated heterocycles. The largest absolute Gasteiger partial charge is 0.146 e. The molecule has 1 unspecified atom stereocenters. The van der Waals surface area contributed by atoms with Gasteiger partial charge in [-0.15, -0.1) is 18.2 Å². The van der Waals surface area contributed by atoms with Gasteiger partial charge in [-0.2, -0.15) is 0 Å². The van der Waals surface area contributed by atoms with Crippen LogP contribution < -0.4 is 0 Å². The molecule has 1 heteroatoms. The summed E-state index contributed by atoms with van der Waals surface area (Å²) in [7, 11) is 0. The molecule has 0 N–H and O–H groups in total. The lowest BCUT2D eigenvalue weighted by atomic mass is 10.1. The van der Waals surface area contributed by atoms with Crippen molar-refractivity contribution in [1.82, 2.24) is 0 Å². The third kappa shape index (κ3) is 6.31. The smallest absolute Gasteiger partial charge is 0.0654 e. The van der Waals surface area contributed by atoms with Crippen molar-refractivity contribution in [2.45, 2.75) is 44.8 Å². The predicted molar refractivity (Wildman–Crippen MR) is 54.9 cm³/mol. The monoisotopic (exact) mass is 170 g/mol. The quantitative estimate of drug-likeness (QED) is 0.435. The molecule has 0 bridgehead atoms. The number of rotatable bonds is 6. The van der Waals surface area contributed by atoms with Crippen LogP contribution >= 0.6 is 11.8 Å². The summed E-state index contributed by atoms with van der Waals surface area (Å²) in [6.07, 6.45) is 10.5. The van der Waals surface area contributed by atoms with E-state index < -0.39 is 0 Å². The van der Waals surface area contributed by atoms with Crippen LogP contribution in [-0.2, 0) is 0 Å². The first-order chi connectivity index (χ1) is 5.35. The van der Waals surface area contributed by atoms with Gasteiger partial charge in [0.15, 0.2) is 0 Å². The van der Waals surface area contributed by atoms with E-state index in [1.165, 1.54) is 25.7 Å². The number of thioether (sulfide) groups is 1. The highest BCUT2D eigenvalue weighted by Gasteiger charge is 2.02. The van der Waals surface area contributed by atoms with Gasteiger partial charge in [-0.05, 0) is 12.2 Å². The first-order valence-corrected chi connectivity index (χ1v) is 5.47. The van der Waals surface area contributed by atoms with Crippen molar-refractivity contribution < 1.29 is 0 Å². The molecule has 0 aliphatic rings. The number of hydrogen-bond donors (Lipinski definition) is 0. The number of terminal acetylenes is 1. The van der Waals surface area contributed by atoms with Crippen molar-refractivity contribution in [2.75, 3.05) is 5.75 Å². The topological polar surface area (TPSA) is 0 Å². The summed E-state index contributed by atoms with van der Waals surface area (Å²) in [6.45, 7) is 4.38. The fourth-order valence-corrected chi connectivity index (χ4v) is 1.83. The van der Waals surface area contributed by atoms with Crippen LogP contribution in [0.3, 0.4) is 0 Å². The van der Waals surface area contributed by atoms with Crippen molar-refractivity contribution in [3.63, 3.8) is 0 Å². The Morgan fingerprint density at radius 3 is 2.55 bits per heavy atom. The average Bonchev–Trinajstić information content (AvgIpc) is 2.03. The van der Waals surface area contributed by atoms with E-state index in [2.05, 4.69) is 19.8 Å². The van der Waals surface area contributed by atoms with E-state index in [1.54, 1.807) is 0 Å². The lowest BCUT2D eigenvalue weighted by Crippen LogP contribution is -1.98. The van der Waals surface area contributed by atoms with E-state index in [4.69, 9.17) is 6.42 Å². The second-order valence-corrected chi connectivity index (χ2v) is 4.09. The molecule has 0 aliphatic heterocycles. The van der Waals surface area contributed by atoms with E-state index >= 15 is 0 Å². The Balaban J connectivity index is 3.30. The zero-order valence-electron chi connectivity index (χ0n) is 7.60. The Morgan fingerprint density at radius 1 is 1.36 bits per heavy atom. The zero-order chi connectivity index (χ0) is 8.53. The van der Waals surface area contributed by atoms with Gasteiger partial charge in [0.2, 0.25) is 0 Å². The number of hydrogen-bond acceptors (Lipinski definition) is 1. The normalized spacial score (nSPS) is 12.5. The fraction of sp³-hybridized carbons (Fsp3) is 0.800. The molecule has 64 valence electrons. The molecular weight excluding hydrogens is 152 g/mol. The number of unbranched alkanes of at least 4 members (excludes halogenated alkanes) is 2. The summed E-state index contributed by atoms with van der Waals surface area (Å²) in [5, 5.41) is 0.464. The Morgan fingerprint density at radius 2 is 2.09 bits per heavy atom. The summed E-state index contributed by atoms with van der Waals surface area (Å²) in [5.41, 5.74) is 0. The molecule has 0 aliphatic carbocycles. The van der Waals surface area contributed by atoms with E-state index in [-0.39, 0.29) is 0 Å². The molecule has 0 spiro atoms. The molecule has 0 radical (unpaired) electrons. The van der Waals surface area contributed by atoms with Crippen LogP contribution in [-0.4, -0.2) is 11.0 Å². The first-order valence-electron chi connectivity index (χ1n) is 4.42. The van der Waals surface area contributed by atoms with Gasteiger partial charge in [-0.3, -0.25) is 0 Å². The van der Waals surface area contributed by atoms with Crippen LogP contribution in [0.15, 0.2) is 0 Å². The zero-order valence-corrected chi connectivity index (χ0v) is 8.41. The lowest BCUT2D eigenvalue weighted by Gasteiger charge is -2.07. The molecular formula is C10H18S. The van der Waals surface area contributed by atoms with Crippen molar-refractivity contribution in [3.05, 3.63) is 0 Å². The third-order valence-electron chi connectivity index (χ3n) is 1.62. The minimum Gasteiger partial charge on any atom is -0.146 e. The molecule has 0 fully saturated rings. The molecule has 0 aromatic rings. The Hall–Kier alpha value is -0.0900. The third-order valence-corrected chi connectivity index (χ3v) is 2.73. The van der Waals surface area contributed by atoms with Crippen LogP contribution in [0.5, 0.6) is 0 Å². The maximum atomic E-state index is 5.37. The molecule has 0 aromatic heterocycles. The van der Waals surface area contributed by atoms with Gasteiger partial charge < -0.3 is 0 Å². The molecule has 1 atom stereocenters. The van der Waals surface area contributed by atoms with Crippen molar-refractivity contribution in [1.29, 1.82) is 0 Å². The second kappa shape index (κ2) is 8.01. The van der Waals surface area contributed by atoms with Gasteiger partial charge in [-0.25, -0.2) is 0 Å². The van der Waals surface area contributed by atoms with E-state index in [0.717, 1.165) is 5.75 Å². The highest BCUT2D eigenvalue weighted by Crippen LogP contribution is 2.16. The average molecular weight is 170 g/mol. The van der Waals surface area contributed by atoms with Gasteiger partial charge in [0.25, 0.3) is 0 Å².